The average Bonchev–Trinajstić information content (AvgIpc) is 2.09. The first-order chi connectivity index (χ1) is 7.29. The topological polar surface area (TPSA) is 80.5 Å². The average molecular weight is 276 g/mol. The Morgan fingerprint density at radius 1 is 1.35 bits per heavy atom. The standard InChI is InChI=1S/C8H15F3N2O3S/c1-7(12,8(9,10)11)6(14)13(2)4-5-17(3,15)16/h4-5,12H2,1-3H3. The van der Waals surface area contributed by atoms with Gasteiger partial charge in [0.05, 0.1) is 5.75 Å². The first-order valence-corrected chi connectivity index (χ1v) is 6.64. The Labute approximate surface area is 97.7 Å². The number of sulfone groups is 1. The van der Waals surface area contributed by atoms with Crippen molar-refractivity contribution in [2.75, 3.05) is 25.6 Å². The minimum atomic E-state index is -4.89. The van der Waals surface area contributed by atoms with Crippen molar-refractivity contribution in [1.29, 1.82) is 0 Å². The molecule has 0 saturated heterocycles. The van der Waals surface area contributed by atoms with Gasteiger partial charge in [0.2, 0.25) is 0 Å². The van der Waals surface area contributed by atoms with Crippen LogP contribution in [0, 0.1) is 0 Å². The molecule has 0 spiro atoms. The van der Waals surface area contributed by atoms with Crippen molar-refractivity contribution in [3.8, 4) is 0 Å². The molecule has 0 saturated carbocycles. The number of rotatable bonds is 4. The van der Waals surface area contributed by atoms with Gasteiger partial charge >= 0.3 is 6.18 Å². The molecule has 1 amide bonds. The quantitative estimate of drug-likeness (QED) is 0.769. The summed E-state index contributed by atoms with van der Waals surface area (Å²) in [6, 6.07) is 0. The van der Waals surface area contributed by atoms with E-state index in [0.29, 0.717) is 11.8 Å². The van der Waals surface area contributed by atoms with Crippen LogP contribution in [0.4, 0.5) is 13.2 Å². The molecule has 0 bridgehead atoms. The summed E-state index contributed by atoms with van der Waals surface area (Å²) in [4.78, 5) is 12.1. The summed E-state index contributed by atoms with van der Waals surface area (Å²) in [5, 5.41) is 0. The van der Waals surface area contributed by atoms with Gasteiger partial charge in [0, 0.05) is 19.8 Å². The molecule has 0 heterocycles. The number of amides is 1. The number of hydrogen-bond acceptors (Lipinski definition) is 4. The lowest BCUT2D eigenvalue weighted by Gasteiger charge is -2.30. The van der Waals surface area contributed by atoms with Gasteiger partial charge in [-0.25, -0.2) is 8.42 Å². The third-order valence-corrected chi connectivity index (χ3v) is 3.10. The maximum absolute atomic E-state index is 12.4. The fourth-order valence-corrected chi connectivity index (χ4v) is 1.53. The van der Waals surface area contributed by atoms with Crippen LogP contribution in [-0.2, 0) is 14.6 Å². The molecule has 0 rings (SSSR count). The number of carbonyl (C=O) groups is 1. The SMILES string of the molecule is CN(CCS(C)(=O)=O)C(=O)C(C)(N)C(F)(F)F. The molecule has 9 heteroatoms. The zero-order valence-corrected chi connectivity index (χ0v) is 10.5. The summed E-state index contributed by atoms with van der Waals surface area (Å²) < 4.78 is 58.9. The summed E-state index contributed by atoms with van der Waals surface area (Å²) in [7, 11) is -2.28. The van der Waals surface area contributed by atoms with E-state index in [2.05, 4.69) is 0 Å². The van der Waals surface area contributed by atoms with Crippen LogP contribution < -0.4 is 5.73 Å². The highest BCUT2D eigenvalue weighted by Crippen LogP contribution is 2.29. The number of nitrogens with zero attached hydrogens (tertiary/aromatic N) is 1. The van der Waals surface area contributed by atoms with E-state index in [9.17, 15) is 26.4 Å². The zero-order valence-electron chi connectivity index (χ0n) is 9.71. The lowest BCUT2D eigenvalue weighted by molar-refractivity contribution is -0.192. The van der Waals surface area contributed by atoms with Crippen LogP contribution in [0.15, 0.2) is 0 Å². The lowest BCUT2D eigenvalue weighted by atomic mass is 10.0. The Bertz CT molecular complexity index is 389. The Kier molecular flexibility index (Phi) is 4.57. The van der Waals surface area contributed by atoms with Crippen LogP contribution in [0.3, 0.4) is 0 Å². The van der Waals surface area contributed by atoms with Gasteiger partial charge in [-0.1, -0.05) is 0 Å². The maximum atomic E-state index is 12.4. The van der Waals surface area contributed by atoms with Crippen molar-refractivity contribution < 1.29 is 26.4 Å². The van der Waals surface area contributed by atoms with E-state index in [1.807, 2.05) is 0 Å². The third kappa shape index (κ3) is 4.50. The molecule has 0 aliphatic carbocycles. The molecule has 1 atom stereocenters. The van der Waals surface area contributed by atoms with Gasteiger partial charge in [0.1, 0.15) is 9.84 Å². The molecule has 0 aliphatic rings. The molecule has 1 unspecified atom stereocenters. The van der Waals surface area contributed by atoms with E-state index in [-0.39, 0.29) is 6.54 Å². The normalized spacial score (nSPS) is 16.4. The molecule has 0 aromatic heterocycles. The second-order valence-electron chi connectivity index (χ2n) is 4.06. The van der Waals surface area contributed by atoms with Gasteiger partial charge in [-0.2, -0.15) is 13.2 Å². The molecule has 0 aliphatic heterocycles. The summed E-state index contributed by atoms with van der Waals surface area (Å²) in [5.41, 5.74) is 1.90. The van der Waals surface area contributed by atoms with E-state index in [0.717, 1.165) is 13.3 Å². The van der Waals surface area contributed by atoms with Gasteiger partial charge in [-0.05, 0) is 6.92 Å². The number of hydrogen-bond donors (Lipinski definition) is 1. The van der Waals surface area contributed by atoms with E-state index in [1.54, 1.807) is 0 Å². The Balaban J connectivity index is 4.73. The van der Waals surface area contributed by atoms with Crippen LogP contribution in [-0.4, -0.2) is 56.5 Å². The Morgan fingerprint density at radius 2 is 1.76 bits per heavy atom. The second kappa shape index (κ2) is 4.81. The largest absolute Gasteiger partial charge is 0.415 e. The van der Waals surface area contributed by atoms with Crippen LogP contribution in [0.2, 0.25) is 0 Å². The lowest BCUT2D eigenvalue weighted by Crippen LogP contribution is -2.61. The Morgan fingerprint density at radius 3 is 2.06 bits per heavy atom. The molecule has 102 valence electrons. The first-order valence-electron chi connectivity index (χ1n) is 4.58. The van der Waals surface area contributed by atoms with E-state index in [4.69, 9.17) is 5.73 Å². The predicted molar refractivity (Wildman–Crippen MR) is 56.0 cm³/mol. The second-order valence-corrected chi connectivity index (χ2v) is 6.32. The smallest absolute Gasteiger partial charge is 0.343 e. The fourth-order valence-electron chi connectivity index (χ4n) is 0.922. The molecule has 0 aromatic carbocycles. The highest BCUT2D eigenvalue weighted by Gasteiger charge is 2.54. The Hall–Kier alpha value is -0.830. The third-order valence-electron chi connectivity index (χ3n) is 2.18. The van der Waals surface area contributed by atoms with Crippen LogP contribution in [0.1, 0.15) is 6.92 Å². The first kappa shape index (κ1) is 16.2. The predicted octanol–water partition coefficient (Wildman–Crippen LogP) is -0.231. The van der Waals surface area contributed by atoms with Gasteiger partial charge in [-0.3, -0.25) is 4.79 Å². The fraction of sp³-hybridized carbons (Fsp3) is 0.875. The molecular formula is C8H15F3N2O3S. The minimum Gasteiger partial charge on any atom is -0.343 e. The van der Waals surface area contributed by atoms with Gasteiger partial charge in [-0.15, -0.1) is 0 Å². The van der Waals surface area contributed by atoms with Crippen molar-refractivity contribution >= 4 is 15.7 Å². The number of alkyl halides is 3. The van der Waals surface area contributed by atoms with Crippen molar-refractivity contribution in [1.82, 2.24) is 4.90 Å². The molecule has 0 aromatic rings. The van der Waals surface area contributed by atoms with Crippen LogP contribution in [0.25, 0.3) is 0 Å². The van der Waals surface area contributed by atoms with Crippen LogP contribution >= 0.6 is 0 Å². The van der Waals surface area contributed by atoms with Crippen LogP contribution in [0.5, 0.6) is 0 Å². The molecule has 17 heavy (non-hydrogen) atoms. The van der Waals surface area contributed by atoms with E-state index in [1.165, 1.54) is 0 Å². The summed E-state index contributed by atoms with van der Waals surface area (Å²) in [5.74, 6) is -1.78. The van der Waals surface area contributed by atoms with Crippen molar-refractivity contribution in [2.45, 2.75) is 18.6 Å². The molecule has 5 nitrogen and oxygen atoms in total. The maximum Gasteiger partial charge on any atom is 0.415 e. The summed E-state index contributed by atoms with van der Waals surface area (Å²) >= 11 is 0. The molecule has 0 fully saturated rings. The highest BCUT2D eigenvalue weighted by molar-refractivity contribution is 7.90. The number of likely N-dealkylation sites (N-methyl/N-ethyl adjacent to an activating group) is 1. The van der Waals surface area contributed by atoms with Crippen molar-refractivity contribution in [3.05, 3.63) is 0 Å². The summed E-state index contributed by atoms with van der Waals surface area (Å²) in [6.07, 6.45) is -3.96. The molecule has 2 N–H and O–H groups in total. The van der Waals surface area contributed by atoms with Crippen molar-refractivity contribution in [3.63, 3.8) is 0 Å². The summed E-state index contributed by atoms with van der Waals surface area (Å²) in [6.45, 7) is 0.215. The zero-order chi connectivity index (χ0) is 14.1. The van der Waals surface area contributed by atoms with Gasteiger partial charge in [0.25, 0.3) is 5.91 Å². The monoisotopic (exact) mass is 276 g/mol. The minimum absolute atomic E-state index is 0.333. The van der Waals surface area contributed by atoms with Gasteiger partial charge in [0.15, 0.2) is 5.54 Å². The van der Waals surface area contributed by atoms with Gasteiger partial charge < -0.3 is 10.6 Å². The molecular weight excluding hydrogens is 261 g/mol. The van der Waals surface area contributed by atoms with Crippen molar-refractivity contribution in [2.24, 2.45) is 5.73 Å². The highest BCUT2D eigenvalue weighted by atomic mass is 32.2. The van der Waals surface area contributed by atoms with E-state index < -0.39 is 33.2 Å². The van der Waals surface area contributed by atoms with E-state index >= 15 is 0 Å². The number of nitrogens with two attached hydrogens (primary N) is 1. The number of carbonyl (C=O) groups excluding carboxylic acids is 1. The molecule has 0 radical (unpaired) electrons. The number of halogens is 3.